The summed E-state index contributed by atoms with van der Waals surface area (Å²) >= 11 is 0. The van der Waals surface area contributed by atoms with E-state index in [2.05, 4.69) is 29.4 Å². The molecule has 1 N–H and O–H groups in total. The number of aryl methyl sites for hydroxylation is 1. The van der Waals surface area contributed by atoms with Crippen molar-refractivity contribution < 1.29 is 0 Å². The number of rotatable bonds is 4. The number of hydrogen-bond acceptors (Lipinski definition) is 2. The second kappa shape index (κ2) is 4.77. The van der Waals surface area contributed by atoms with Crippen LogP contribution in [0.3, 0.4) is 0 Å². The minimum atomic E-state index is 0.501. The number of hydrogen-bond donors (Lipinski definition) is 1. The van der Waals surface area contributed by atoms with Crippen LogP contribution in [0, 0.1) is 11.8 Å². The fourth-order valence-corrected chi connectivity index (χ4v) is 2.97. The van der Waals surface area contributed by atoms with Gasteiger partial charge in [-0.1, -0.05) is 13.0 Å². The Balaban J connectivity index is 1.63. The molecule has 2 atom stereocenters. The summed E-state index contributed by atoms with van der Waals surface area (Å²) in [6, 6.07) is 4.80. The molecule has 1 aromatic heterocycles. The molecule has 2 aliphatic carbocycles. The summed E-state index contributed by atoms with van der Waals surface area (Å²) in [6.07, 6.45) is 8.59. The van der Waals surface area contributed by atoms with Gasteiger partial charge in [-0.25, -0.2) is 0 Å². The van der Waals surface area contributed by atoms with E-state index in [9.17, 15) is 0 Å². The zero-order valence-electron chi connectivity index (χ0n) is 10.7. The van der Waals surface area contributed by atoms with Crippen LogP contribution in [-0.4, -0.2) is 11.5 Å². The first-order valence-electron chi connectivity index (χ1n) is 7.02. The average Bonchev–Trinajstić information content (AvgIpc) is 3.20. The van der Waals surface area contributed by atoms with Crippen molar-refractivity contribution in [1.29, 1.82) is 0 Å². The second-order valence-corrected chi connectivity index (χ2v) is 5.72. The molecular formula is C15H22N2. The normalized spacial score (nSPS) is 25.4. The summed E-state index contributed by atoms with van der Waals surface area (Å²) in [5.41, 5.74) is 2.76. The van der Waals surface area contributed by atoms with E-state index in [0.29, 0.717) is 6.04 Å². The van der Waals surface area contributed by atoms with Crippen molar-refractivity contribution in [3.63, 3.8) is 0 Å². The Kier molecular flexibility index (Phi) is 3.15. The highest BCUT2D eigenvalue weighted by atomic mass is 14.9. The first kappa shape index (κ1) is 11.2. The highest BCUT2D eigenvalue weighted by molar-refractivity contribution is 5.25. The molecule has 3 rings (SSSR count). The molecule has 0 aromatic carbocycles. The first-order chi connectivity index (χ1) is 8.34. The molecule has 17 heavy (non-hydrogen) atoms. The van der Waals surface area contributed by atoms with Gasteiger partial charge in [0.1, 0.15) is 0 Å². The molecule has 1 saturated carbocycles. The van der Waals surface area contributed by atoms with E-state index in [1.165, 1.54) is 43.4 Å². The van der Waals surface area contributed by atoms with Gasteiger partial charge in [0.2, 0.25) is 0 Å². The zero-order chi connectivity index (χ0) is 11.7. The summed E-state index contributed by atoms with van der Waals surface area (Å²) in [6.45, 7) is 3.54. The summed E-state index contributed by atoms with van der Waals surface area (Å²) in [4.78, 5) is 4.58. The Hall–Kier alpha value is -0.890. The molecule has 2 aliphatic rings. The van der Waals surface area contributed by atoms with Gasteiger partial charge in [0, 0.05) is 12.2 Å². The molecule has 0 amide bonds. The van der Waals surface area contributed by atoms with Crippen LogP contribution in [0.4, 0.5) is 0 Å². The molecular weight excluding hydrogens is 208 g/mol. The third-order valence-corrected chi connectivity index (χ3v) is 4.31. The minimum Gasteiger partial charge on any atom is -0.308 e. The Morgan fingerprint density at radius 2 is 2.29 bits per heavy atom. The topological polar surface area (TPSA) is 24.9 Å². The lowest BCUT2D eigenvalue weighted by Gasteiger charge is -2.26. The Labute approximate surface area is 104 Å². The van der Waals surface area contributed by atoms with Gasteiger partial charge < -0.3 is 5.32 Å². The van der Waals surface area contributed by atoms with Gasteiger partial charge in [-0.3, -0.25) is 4.98 Å². The highest BCUT2D eigenvalue weighted by Gasteiger charge is 2.29. The van der Waals surface area contributed by atoms with Crippen LogP contribution < -0.4 is 5.32 Å². The lowest BCUT2D eigenvalue weighted by atomic mass is 9.91. The summed E-state index contributed by atoms with van der Waals surface area (Å²) in [5.74, 6) is 1.83. The molecule has 1 aromatic rings. The van der Waals surface area contributed by atoms with E-state index in [1.807, 2.05) is 6.20 Å². The van der Waals surface area contributed by atoms with Crippen LogP contribution in [0.2, 0.25) is 0 Å². The van der Waals surface area contributed by atoms with E-state index in [1.54, 1.807) is 0 Å². The summed E-state index contributed by atoms with van der Waals surface area (Å²) in [7, 11) is 0. The molecule has 2 nitrogen and oxygen atoms in total. The van der Waals surface area contributed by atoms with Crippen LogP contribution >= 0.6 is 0 Å². The Bertz CT molecular complexity index is 384. The predicted octanol–water partition coefficient (Wildman–Crippen LogP) is 3.09. The SMILES string of the molecule is CC(CNC1CCCc2cccnc21)C1CC1. The lowest BCUT2D eigenvalue weighted by molar-refractivity contribution is 0.386. The monoisotopic (exact) mass is 230 g/mol. The molecule has 0 aliphatic heterocycles. The molecule has 92 valence electrons. The minimum absolute atomic E-state index is 0.501. The second-order valence-electron chi connectivity index (χ2n) is 5.72. The van der Waals surface area contributed by atoms with E-state index < -0.39 is 0 Å². The summed E-state index contributed by atoms with van der Waals surface area (Å²) < 4.78 is 0. The standard InChI is InChI=1S/C15H22N2/c1-11(12-7-8-12)10-17-14-6-2-4-13-5-3-9-16-15(13)14/h3,5,9,11-12,14,17H,2,4,6-8,10H2,1H3. The fraction of sp³-hybridized carbons (Fsp3) is 0.667. The number of aromatic nitrogens is 1. The number of fused-ring (bicyclic) bond motifs is 1. The molecule has 1 heterocycles. The van der Waals surface area contributed by atoms with Crippen LogP contribution in [0.5, 0.6) is 0 Å². The Morgan fingerprint density at radius 3 is 3.12 bits per heavy atom. The molecule has 0 saturated heterocycles. The fourth-order valence-electron chi connectivity index (χ4n) is 2.97. The largest absolute Gasteiger partial charge is 0.308 e. The maximum Gasteiger partial charge on any atom is 0.0605 e. The quantitative estimate of drug-likeness (QED) is 0.859. The third-order valence-electron chi connectivity index (χ3n) is 4.31. The zero-order valence-corrected chi connectivity index (χ0v) is 10.7. The maximum absolute atomic E-state index is 4.58. The van der Waals surface area contributed by atoms with Gasteiger partial charge in [-0.2, -0.15) is 0 Å². The van der Waals surface area contributed by atoms with Crippen LogP contribution in [-0.2, 0) is 6.42 Å². The van der Waals surface area contributed by atoms with Crippen molar-refractivity contribution in [2.24, 2.45) is 11.8 Å². The average molecular weight is 230 g/mol. The molecule has 0 bridgehead atoms. The maximum atomic E-state index is 4.58. The highest BCUT2D eigenvalue weighted by Crippen LogP contribution is 2.36. The van der Waals surface area contributed by atoms with Crippen molar-refractivity contribution in [1.82, 2.24) is 10.3 Å². The van der Waals surface area contributed by atoms with Crippen molar-refractivity contribution in [3.05, 3.63) is 29.6 Å². The van der Waals surface area contributed by atoms with Crippen LogP contribution in [0.15, 0.2) is 18.3 Å². The Morgan fingerprint density at radius 1 is 1.41 bits per heavy atom. The number of nitrogens with one attached hydrogen (secondary N) is 1. The van der Waals surface area contributed by atoms with Gasteiger partial charge in [0.15, 0.2) is 0 Å². The molecule has 2 heteroatoms. The molecule has 1 fully saturated rings. The van der Waals surface area contributed by atoms with Crippen LogP contribution in [0.1, 0.15) is 49.9 Å². The smallest absolute Gasteiger partial charge is 0.0605 e. The third kappa shape index (κ3) is 2.52. The van der Waals surface area contributed by atoms with Gasteiger partial charge in [-0.05, 0) is 62.1 Å². The lowest BCUT2D eigenvalue weighted by Crippen LogP contribution is -2.30. The van der Waals surface area contributed by atoms with Crippen molar-refractivity contribution in [3.8, 4) is 0 Å². The van der Waals surface area contributed by atoms with E-state index in [-0.39, 0.29) is 0 Å². The number of nitrogens with zero attached hydrogens (tertiary/aromatic N) is 1. The van der Waals surface area contributed by atoms with Crippen molar-refractivity contribution >= 4 is 0 Å². The molecule has 0 radical (unpaired) electrons. The van der Waals surface area contributed by atoms with Gasteiger partial charge >= 0.3 is 0 Å². The van der Waals surface area contributed by atoms with E-state index in [4.69, 9.17) is 0 Å². The van der Waals surface area contributed by atoms with E-state index in [0.717, 1.165) is 18.4 Å². The predicted molar refractivity (Wildman–Crippen MR) is 69.8 cm³/mol. The molecule has 2 unspecified atom stereocenters. The number of pyridine rings is 1. The van der Waals surface area contributed by atoms with Crippen LogP contribution in [0.25, 0.3) is 0 Å². The van der Waals surface area contributed by atoms with Crippen molar-refractivity contribution in [2.45, 2.75) is 45.1 Å². The van der Waals surface area contributed by atoms with E-state index >= 15 is 0 Å². The van der Waals surface area contributed by atoms with Crippen molar-refractivity contribution in [2.75, 3.05) is 6.54 Å². The van der Waals surface area contributed by atoms with Gasteiger partial charge in [0.25, 0.3) is 0 Å². The summed E-state index contributed by atoms with van der Waals surface area (Å²) in [5, 5.41) is 3.74. The van der Waals surface area contributed by atoms with Gasteiger partial charge in [-0.15, -0.1) is 0 Å². The molecule has 0 spiro atoms. The first-order valence-corrected chi connectivity index (χ1v) is 7.02. The van der Waals surface area contributed by atoms with Gasteiger partial charge in [0.05, 0.1) is 5.69 Å².